The highest BCUT2D eigenvalue weighted by Gasteiger charge is 2.09. The Balaban J connectivity index is 0.00000196. The standard InChI is InChI=1S/C20H18N4O.ClH/c1-14-21-9-10-24(14)13-16-11-15(12-22-23-16)17-5-3-7-19-18(17)6-4-8-20(19)25-2;/h3-12H,13H2,1-2H3;1H. The van der Waals surface area contributed by atoms with Gasteiger partial charge < -0.3 is 9.30 Å². The van der Waals surface area contributed by atoms with Gasteiger partial charge in [0.15, 0.2) is 0 Å². The van der Waals surface area contributed by atoms with Crippen LogP contribution in [0.2, 0.25) is 0 Å². The second-order valence-electron chi connectivity index (χ2n) is 5.90. The molecule has 0 fully saturated rings. The van der Waals surface area contributed by atoms with Gasteiger partial charge in [0.25, 0.3) is 0 Å². The van der Waals surface area contributed by atoms with Crippen molar-refractivity contribution < 1.29 is 4.74 Å². The minimum absolute atomic E-state index is 0. The van der Waals surface area contributed by atoms with Crippen LogP contribution < -0.4 is 4.74 Å². The van der Waals surface area contributed by atoms with Gasteiger partial charge in [0, 0.05) is 23.3 Å². The number of ether oxygens (including phenoxy) is 1. The summed E-state index contributed by atoms with van der Waals surface area (Å²) in [4.78, 5) is 4.25. The van der Waals surface area contributed by atoms with Crippen LogP contribution in [0.3, 0.4) is 0 Å². The van der Waals surface area contributed by atoms with Gasteiger partial charge in [-0.15, -0.1) is 12.4 Å². The number of fused-ring (bicyclic) bond motifs is 1. The van der Waals surface area contributed by atoms with Crippen molar-refractivity contribution in [1.82, 2.24) is 19.7 Å². The van der Waals surface area contributed by atoms with E-state index in [2.05, 4.69) is 44.0 Å². The lowest BCUT2D eigenvalue weighted by atomic mass is 9.99. The van der Waals surface area contributed by atoms with Crippen molar-refractivity contribution in [2.24, 2.45) is 0 Å². The van der Waals surface area contributed by atoms with Crippen molar-refractivity contribution in [3.63, 3.8) is 0 Å². The number of aromatic nitrogens is 4. The van der Waals surface area contributed by atoms with E-state index in [-0.39, 0.29) is 12.4 Å². The van der Waals surface area contributed by atoms with Crippen LogP contribution in [0.4, 0.5) is 0 Å². The smallest absolute Gasteiger partial charge is 0.126 e. The summed E-state index contributed by atoms with van der Waals surface area (Å²) in [7, 11) is 1.70. The summed E-state index contributed by atoms with van der Waals surface area (Å²) in [6.07, 6.45) is 5.55. The molecular formula is C20H19ClN4O. The molecular weight excluding hydrogens is 348 g/mol. The number of imidazole rings is 1. The molecule has 0 amide bonds. The molecule has 26 heavy (non-hydrogen) atoms. The molecule has 0 aliphatic rings. The summed E-state index contributed by atoms with van der Waals surface area (Å²) >= 11 is 0. The van der Waals surface area contributed by atoms with E-state index in [0.29, 0.717) is 6.54 Å². The topological polar surface area (TPSA) is 52.8 Å². The summed E-state index contributed by atoms with van der Waals surface area (Å²) in [5, 5.41) is 10.7. The first-order valence-corrected chi connectivity index (χ1v) is 8.11. The second-order valence-corrected chi connectivity index (χ2v) is 5.90. The van der Waals surface area contributed by atoms with Gasteiger partial charge >= 0.3 is 0 Å². The molecule has 4 aromatic rings. The van der Waals surface area contributed by atoms with Crippen molar-refractivity contribution in [2.75, 3.05) is 7.11 Å². The number of hydrogen-bond acceptors (Lipinski definition) is 4. The summed E-state index contributed by atoms with van der Waals surface area (Å²) < 4.78 is 7.54. The molecule has 0 N–H and O–H groups in total. The predicted octanol–water partition coefficient (Wildman–Crippen LogP) is 4.28. The molecule has 0 unspecified atom stereocenters. The molecule has 0 spiro atoms. The first kappa shape index (κ1) is 17.9. The zero-order chi connectivity index (χ0) is 17.2. The van der Waals surface area contributed by atoms with Crippen LogP contribution in [0.5, 0.6) is 5.75 Å². The van der Waals surface area contributed by atoms with Gasteiger partial charge in [-0.25, -0.2) is 4.98 Å². The Labute approximate surface area is 158 Å². The van der Waals surface area contributed by atoms with Gasteiger partial charge in [-0.3, -0.25) is 0 Å². The zero-order valence-corrected chi connectivity index (χ0v) is 15.4. The Morgan fingerprint density at radius 1 is 1.08 bits per heavy atom. The lowest BCUT2D eigenvalue weighted by Crippen LogP contribution is -2.04. The van der Waals surface area contributed by atoms with Crippen LogP contribution in [-0.4, -0.2) is 26.9 Å². The van der Waals surface area contributed by atoms with Crippen molar-refractivity contribution in [1.29, 1.82) is 0 Å². The highest BCUT2D eigenvalue weighted by atomic mass is 35.5. The summed E-state index contributed by atoms with van der Waals surface area (Å²) in [6.45, 7) is 2.63. The van der Waals surface area contributed by atoms with Crippen LogP contribution in [0.1, 0.15) is 11.5 Å². The monoisotopic (exact) mass is 366 g/mol. The van der Waals surface area contributed by atoms with E-state index in [4.69, 9.17) is 4.74 Å². The minimum Gasteiger partial charge on any atom is -0.496 e. The van der Waals surface area contributed by atoms with Crippen molar-refractivity contribution >= 4 is 23.2 Å². The van der Waals surface area contributed by atoms with Crippen LogP contribution in [0, 0.1) is 6.92 Å². The third kappa shape index (κ3) is 3.26. The number of aryl methyl sites for hydroxylation is 1. The van der Waals surface area contributed by atoms with E-state index in [0.717, 1.165) is 39.2 Å². The first-order chi connectivity index (χ1) is 12.3. The number of nitrogens with zero attached hydrogens (tertiary/aromatic N) is 4. The molecule has 0 bridgehead atoms. The number of hydrogen-bond donors (Lipinski definition) is 0. The molecule has 4 rings (SSSR count). The predicted molar refractivity (Wildman–Crippen MR) is 105 cm³/mol. The molecule has 0 aliphatic heterocycles. The van der Waals surface area contributed by atoms with Gasteiger partial charge in [0.1, 0.15) is 11.6 Å². The normalized spacial score (nSPS) is 10.5. The molecule has 132 valence electrons. The Hall–Kier alpha value is -2.92. The van der Waals surface area contributed by atoms with Gasteiger partial charge in [-0.2, -0.15) is 10.2 Å². The van der Waals surface area contributed by atoms with Gasteiger partial charge in [-0.1, -0.05) is 30.3 Å². The van der Waals surface area contributed by atoms with Crippen LogP contribution in [-0.2, 0) is 6.54 Å². The van der Waals surface area contributed by atoms with E-state index in [1.165, 1.54) is 0 Å². The van der Waals surface area contributed by atoms with Crippen LogP contribution in [0.15, 0.2) is 61.1 Å². The lowest BCUT2D eigenvalue weighted by molar-refractivity contribution is 0.420. The SMILES string of the molecule is COc1cccc2c(-c3cnnc(Cn4ccnc4C)c3)cccc12.Cl. The third-order valence-electron chi connectivity index (χ3n) is 4.37. The van der Waals surface area contributed by atoms with Crippen LogP contribution in [0.25, 0.3) is 21.9 Å². The van der Waals surface area contributed by atoms with E-state index in [9.17, 15) is 0 Å². The molecule has 0 atom stereocenters. The van der Waals surface area contributed by atoms with Crippen molar-refractivity contribution in [3.8, 4) is 16.9 Å². The minimum atomic E-state index is 0. The molecule has 2 aromatic carbocycles. The average molecular weight is 367 g/mol. The van der Waals surface area contributed by atoms with E-state index >= 15 is 0 Å². The number of methoxy groups -OCH3 is 1. The molecule has 5 nitrogen and oxygen atoms in total. The Morgan fingerprint density at radius 3 is 2.65 bits per heavy atom. The quantitative estimate of drug-likeness (QED) is 0.541. The van der Waals surface area contributed by atoms with Gasteiger partial charge in [0.05, 0.1) is 25.5 Å². The highest BCUT2D eigenvalue weighted by molar-refractivity contribution is 5.99. The fourth-order valence-electron chi connectivity index (χ4n) is 3.09. The fourth-order valence-corrected chi connectivity index (χ4v) is 3.09. The summed E-state index contributed by atoms with van der Waals surface area (Å²) in [5.41, 5.74) is 3.06. The molecule has 2 aromatic heterocycles. The van der Waals surface area contributed by atoms with Crippen molar-refractivity contribution in [2.45, 2.75) is 13.5 Å². The van der Waals surface area contributed by atoms with Crippen LogP contribution >= 0.6 is 12.4 Å². The largest absolute Gasteiger partial charge is 0.496 e. The lowest BCUT2D eigenvalue weighted by Gasteiger charge is -2.11. The molecule has 2 heterocycles. The van der Waals surface area contributed by atoms with E-state index in [1.807, 2.05) is 31.3 Å². The maximum atomic E-state index is 5.49. The maximum absolute atomic E-state index is 5.49. The van der Waals surface area contributed by atoms with E-state index < -0.39 is 0 Å². The summed E-state index contributed by atoms with van der Waals surface area (Å²) in [6, 6.07) is 14.4. The maximum Gasteiger partial charge on any atom is 0.126 e. The number of benzene rings is 2. The fraction of sp³-hybridized carbons (Fsp3) is 0.150. The van der Waals surface area contributed by atoms with Crippen molar-refractivity contribution in [3.05, 3.63) is 72.6 Å². The van der Waals surface area contributed by atoms with Gasteiger partial charge in [-0.05, 0) is 30.0 Å². The first-order valence-electron chi connectivity index (χ1n) is 8.11. The average Bonchev–Trinajstić information content (AvgIpc) is 3.05. The Kier molecular flexibility index (Phi) is 5.19. The molecule has 0 radical (unpaired) electrons. The third-order valence-corrected chi connectivity index (χ3v) is 4.37. The Bertz CT molecular complexity index is 1040. The number of rotatable bonds is 4. The molecule has 6 heteroatoms. The Morgan fingerprint density at radius 2 is 1.88 bits per heavy atom. The molecule has 0 saturated carbocycles. The zero-order valence-electron chi connectivity index (χ0n) is 14.6. The molecule has 0 saturated heterocycles. The second kappa shape index (κ2) is 7.54. The highest BCUT2D eigenvalue weighted by Crippen LogP contribution is 2.33. The molecule has 0 aliphatic carbocycles. The van der Waals surface area contributed by atoms with E-state index in [1.54, 1.807) is 19.5 Å². The van der Waals surface area contributed by atoms with Gasteiger partial charge in [0.2, 0.25) is 0 Å². The number of halogens is 1. The summed E-state index contributed by atoms with van der Waals surface area (Å²) in [5.74, 6) is 1.83.